The van der Waals surface area contributed by atoms with Crippen LogP contribution in [-0.4, -0.2) is 0 Å². The summed E-state index contributed by atoms with van der Waals surface area (Å²) in [6, 6.07) is 13.3. The van der Waals surface area contributed by atoms with Gasteiger partial charge in [-0.05, 0) is 61.9 Å². The van der Waals surface area contributed by atoms with Crippen LogP contribution in [0.15, 0.2) is 36.4 Å². The molecule has 0 aromatic heterocycles. The molecule has 0 amide bonds. The van der Waals surface area contributed by atoms with E-state index in [1.54, 1.807) is 0 Å². The third kappa shape index (κ3) is 3.27. The SMILES string of the molecule is Cc1cccc(CC(NN)c2cc(C)c(C)cc2C)c1. The van der Waals surface area contributed by atoms with E-state index in [4.69, 9.17) is 5.84 Å². The predicted molar refractivity (Wildman–Crippen MR) is 85.6 cm³/mol. The summed E-state index contributed by atoms with van der Waals surface area (Å²) in [5.41, 5.74) is 10.8. The molecule has 2 nitrogen and oxygen atoms in total. The summed E-state index contributed by atoms with van der Waals surface area (Å²) in [6.45, 7) is 8.58. The van der Waals surface area contributed by atoms with Gasteiger partial charge in [0.15, 0.2) is 0 Å². The van der Waals surface area contributed by atoms with Crippen molar-refractivity contribution in [3.05, 3.63) is 69.8 Å². The van der Waals surface area contributed by atoms with E-state index in [-0.39, 0.29) is 6.04 Å². The Morgan fingerprint density at radius 1 is 0.950 bits per heavy atom. The second-order valence-electron chi connectivity index (χ2n) is 5.71. The first-order valence-corrected chi connectivity index (χ1v) is 7.10. The molecule has 2 rings (SSSR count). The maximum Gasteiger partial charge on any atom is 0.0503 e. The Kier molecular flexibility index (Phi) is 4.58. The molecule has 0 saturated carbocycles. The highest BCUT2D eigenvalue weighted by Crippen LogP contribution is 2.24. The lowest BCUT2D eigenvalue weighted by atomic mass is 9.92. The second-order valence-corrected chi connectivity index (χ2v) is 5.71. The molecule has 3 N–H and O–H groups in total. The number of nitrogens with one attached hydrogen (secondary N) is 1. The normalized spacial score (nSPS) is 12.4. The van der Waals surface area contributed by atoms with Crippen LogP contribution in [-0.2, 0) is 6.42 Å². The number of rotatable bonds is 4. The van der Waals surface area contributed by atoms with Crippen LogP contribution in [0.3, 0.4) is 0 Å². The van der Waals surface area contributed by atoms with Crippen molar-refractivity contribution in [2.24, 2.45) is 5.84 Å². The monoisotopic (exact) mass is 268 g/mol. The third-order valence-corrected chi connectivity index (χ3v) is 3.98. The third-order valence-electron chi connectivity index (χ3n) is 3.98. The summed E-state index contributed by atoms with van der Waals surface area (Å²) in [6.07, 6.45) is 0.904. The fourth-order valence-corrected chi connectivity index (χ4v) is 2.69. The molecule has 1 unspecified atom stereocenters. The molecular weight excluding hydrogens is 244 g/mol. The van der Waals surface area contributed by atoms with Crippen LogP contribution < -0.4 is 11.3 Å². The minimum atomic E-state index is 0.149. The molecule has 0 aliphatic heterocycles. The minimum Gasteiger partial charge on any atom is -0.271 e. The van der Waals surface area contributed by atoms with Gasteiger partial charge in [-0.3, -0.25) is 11.3 Å². The summed E-state index contributed by atoms with van der Waals surface area (Å²) in [7, 11) is 0. The van der Waals surface area contributed by atoms with E-state index < -0.39 is 0 Å². The first-order chi connectivity index (χ1) is 9.51. The van der Waals surface area contributed by atoms with Gasteiger partial charge in [-0.15, -0.1) is 0 Å². The number of hydrogen-bond acceptors (Lipinski definition) is 2. The number of nitrogens with two attached hydrogens (primary N) is 1. The van der Waals surface area contributed by atoms with Crippen molar-refractivity contribution < 1.29 is 0 Å². The van der Waals surface area contributed by atoms with Crippen LogP contribution in [0.2, 0.25) is 0 Å². The average Bonchev–Trinajstić information content (AvgIpc) is 2.40. The van der Waals surface area contributed by atoms with E-state index in [0.717, 1.165) is 6.42 Å². The summed E-state index contributed by atoms with van der Waals surface area (Å²) in [4.78, 5) is 0. The maximum absolute atomic E-state index is 5.80. The molecule has 1 atom stereocenters. The van der Waals surface area contributed by atoms with Gasteiger partial charge in [0, 0.05) is 0 Å². The van der Waals surface area contributed by atoms with Crippen molar-refractivity contribution in [3.63, 3.8) is 0 Å². The fourth-order valence-electron chi connectivity index (χ4n) is 2.69. The molecule has 20 heavy (non-hydrogen) atoms. The van der Waals surface area contributed by atoms with E-state index in [9.17, 15) is 0 Å². The molecule has 0 bridgehead atoms. The highest BCUT2D eigenvalue weighted by atomic mass is 15.2. The van der Waals surface area contributed by atoms with Gasteiger partial charge >= 0.3 is 0 Å². The number of benzene rings is 2. The Hall–Kier alpha value is -1.64. The molecule has 0 spiro atoms. The van der Waals surface area contributed by atoms with Crippen LogP contribution in [0.1, 0.15) is 39.4 Å². The zero-order valence-electron chi connectivity index (χ0n) is 12.8. The molecule has 0 heterocycles. The van der Waals surface area contributed by atoms with Crippen molar-refractivity contribution in [1.82, 2.24) is 5.43 Å². The van der Waals surface area contributed by atoms with Gasteiger partial charge in [-0.25, -0.2) is 0 Å². The van der Waals surface area contributed by atoms with Crippen LogP contribution in [0.5, 0.6) is 0 Å². The predicted octanol–water partition coefficient (Wildman–Crippen LogP) is 3.67. The van der Waals surface area contributed by atoms with Crippen molar-refractivity contribution in [2.45, 2.75) is 40.2 Å². The molecule has 0 saturated heterocycles. The minimum absolute atomic E-state index is 0.149. The lowest BCUT2D eigenvalue weighted by molar-refractivity contribution is 0.549. The number of hydrazine groups is 1. The highest BCUT2D eigenvalue weighted by Gasteiger charge is 2.14. The smallest absolute Gasteiger partial charge is 0.0503 e. The largest absolute Gasteiger partial charge is 0.271 e. The van der Waals surface area contributed by atoms with Gasteiger partial charge in [0.2, 0.25) is 0 Å². The summed E-state index contributed by atoms with van der Waals surface area (Å²) in [5.74, 6) is 5.80. The van der Waals surface area contributed by atoms with Crippen LogP contribution in [0.4, 0.5) is 0 Å². The first-order valence-electron chi connectivity index (χ1n) is 7.10. The van der Waals surface area contributed by atoms with E-state index in [0.29, 0.717) is 0 Å². The highest BCUT2D eigenvalue weighted by molar-refractivity contribution is 5.39. The average molecular weight is 268 g/mol. The molecule has 2 heteroatoms. The summed E-state index contributed by atoms with van der Waals surface area (Å²) >= 11 is 0. The molecule has 2 aromatic rings. The first kappa shape index (κ1) is 14.8. The van der Waals surface area contributed by atoms with Crippen molar-refractivity contribution in [1.29, 1.82) is 0 Å². The molecular formula is C18H24N2. The Morgan fingerprint density at radius 3 is 2.30 bits per heavy atom. The topological polar surface area (TPSA) is 38.0 Å². The number of aryl methyl sites for hydroxylation is 4. The maximum atomic E-state index is 5.80. The van der Waals surface area contributed by atoms with E-state index >= 15 is 0 Å². The molecule has 106 valence electrons. The van der Waals surface area contributed by atoms with E-state index in [1.807, 2.05) is 0 Å². The van der Waals surface area contributed by atoms with Gasteiger partial charge in [0.25, 0.3) is 0 Å². The Bertz CT molecular complexity index is 602. The lowest BCUT2D eigenvalue weighted by Crippen LogP contribution is -2.30. The van der Waals surface area contributed by atoms with E-state index in [2.05, 4.69) is 69.5 Å². The van der Waals surface area contributed by atoms with Gasteiger partial charge in [-0.1, -0.05) is 42.0 Å². The number of hydrogen-bond donors (Lipinski definition) is 2. The van der Waals surface area contributed by atoms with Crippen LogP contribution >= 0.6 is 0 Å². The molecule has 2 aromatic carbocycles. The standard InChI is InChI=1S/C18H24N2/c1-12-6-5-7-16(8-12)11-18(20-19)17-10-14(3)13(2)9-15(17)4/h5-10,18,20H,11,19H2,1-4H3. The van der Waals surface area contributed by atoms with Gasteiger partial charge in [0.05, 0.1) is 6.04 Å². The van der Waals surface area contributed by atoms with Crippen LogP contribution in [0.25, 0.3) is 0 Å². The Balaban J connectivity index is 2.31. The Morgan fingerprint density at radius 2 is 1.65 bits per heavy atom. The van der Waals surface area contributed by atoms with Crippen LogP contribution in [0, 0.1) is 27.7 Å². The second kappa shape index (κ2) is 6.21. The van der Waals surface area contributed by atoms with Crippen molar-refractivity contribution >= 4 is 0 Å². The molecule has 0 aliphatic rings. The van der Waals surface area contributed by atoms with Crippen molar-refractivity contribution in [3.8, 4) is 0 Å². The summed E-state index contributed by atoms with van der Waals surface area (Å²) < 4.78 is 0. The van der Waals surface area contributed by atoms with Gasteiger partial charge < -0.3 is 0 Å². The zero-order chi connectivity index (χ0) is 14.7. The Labute approximate surface area is 122 Å². The quantitative estimate of drug-likeness (QED) is 0.656. The zero-order valence-corrected chi connectivity index (χ0v) is 12.8. The molecule has 0 fully saturated rings. The fraction of sp³-hybridized carbons (Fsp3) is 0.333. The van der Waals surface area contributed by atoms with E-state index in [1.165, 1.54) is 33.4 Å². The molecule has 0 aliphatic carbocycles. The summed E-state index contributed by atoms with van der Waals surface area (Å²) in [5, 5.41) is 0. The van der Waals surface area contributed by atoms with Gasteiger partial charge in [0.1, 0.15) is 0 Å². The molecule has 0 radical (unpaired) electrons. The van der Waals surface area contributed by atoms with Gasteiger partial charge in [-0.2, -0.15) is 0 Å². The lowest BCUT2D eigenvalue weighted by Gasteiger charge is -2.20. The van der Waals surface area contributed by atoms with Crippen molar-refractivity contribution in [2.75, 3.05) is 0 Å².